The van der Waals surface area contributed by atoms with E-state index in [4.69, 9.17) is 4.74 Å². The first-order valence-corrected chi connectivity index (χ1v) is 11.3. The van der Waals surface area contributed by atoms with Gasteiger partial charge in [0.05, 0.1) is 12.0 Å². The van der Waals surface area contributed by atoms with Crippen molar-refractivity contribution in [1.29, 1.82) is 0 Å². The highest BCUT2D eigenvalue weighted by atomic mass is 32.2. The minimum absolute atomic E-state index is 0.112. The summed E-state index contributed by atoms with van der Waals surface area (Å²) in [6.45, 7) is 5.53. The molecule has 0 saturated carbocycles. The smallest absolute Gasteiger partial charge is 0.254 e. The number of carbonyl (C=O) groups excluding carboxylic acids is 1. The molecular formula is C22H28N2O4S. The molecule has 0 aliphatic carbocycles. The lowest BCUT2D eigenvalue weighted by molar-refractivity contribution is 0.0697. The van der Waals surface area contributed by atoms with Gasteiger partial charge < -0.3 is 9.64 Å². The van der Waals surface area contributed by atoms with Crippen LogP contribution >= 0.6 is 0 Å². The average Bonchev–Trinajstić information content (AvgIpc) is 2.78. The van der Waals surface area contributed by atoms with E-state index in [1.54, 1.807) is 48.4 Å². The van der Waals surface area contributed by atoms with Crippen LogP contribution in [0.15, 0.2) is 53.4 Å². The molecule has 1 saturated heterocycles. The Labute approximate surface area is 173 Å². The zero-order valence-electron chi connectivity index (χ0n) is 17.2. The first-order valence-electron chi connectivity index (χ1n) is 9.90. The third-order valence-corrected chi connectivity index (χ3v) is 7.45. The minimum atomic E-state index is -3.56. The normalized spacial score (nSPS) is 16.4. The summed E-state index contributed by atoms with van der Waals surface area (Å²) in [6.07, 6.45) is 1.01. The van der Waals surface area contributed by atoms with E-state index in [1.165, 1.54) is 4.31 Å². The summed E-state index contributed by atoms with van der Waals surface area (Å²) in [4.78, 5) is 14.7. The van der Waals surface area contributed by atoms with E-state index in [1.807, 2.05) is 12.1 Å². The molecule has 0 aromatic heterocycles. The van der Waals surface area contributed by atoms with Gasteiger partial charge in [-0.15, -0.1) is 0 Å². The van der Waals surface area contributed by atoms with Crippen molar-refractivity contribution in [2.75, 3.05) is 33.3 Å². The molecule has 0 bridgehead atoms. The van der Waals surface area contributed by atoms with E-state index < -0.39 is 10.0 Å². The quantitative estimate of drug-likeness (QED) is 0.724. The number of amides is 1. The predicted molar refractivity (Wildman–Crippen MR) is 113 cm³/mol. The second kappa shape index (κ2) is 8.97. The topological polar surface area (TPSA) is 66.9 Å². The summed E-state index contributed by atoms with van der Waals surface area (Å²) >= 11 is 0. The molecule has 6 nitrogen and oxygen atoms in total. The van der Waals surface area contributed by atoms with Gasteiger partial charge in [-0.2, -0.15) is 4.31 Å². The Balaban J connectivity index is 1.67. The van der Waals surface area contributed by atoms with Gasteiger partial charge in [0.2, 0.25) is 10.0 Å². The Bertz CT molecular complexity index is 949. The lowest BCUT2D eigenvalue weighted by Crippen LogP contribution is -2.50. The van der Waals surface area contributed by atoms with E-state index in [0.717, 1.165) is 12.0 Å². The van der Waals surface area contributed by atoms with Gasteiger partial charge in [0, 0.05) is 31.7 Å². The Morgan fingerprint density at radius 3 is 2.31 bits per heavy atom. The maximum Gasteiger partial charge on any atom is 0.254 e. The van der Waals surface area contributed by atoms with Crippen LogP contribution in [-0.2, 0) is 10.0 Å². The van der Waals surface area contributed by atoms with Crippen LogP contribution in [0.4, 0.5) is 0 Å². The Kier molecular flexibility index (Phi) is 6.59. The van der Waals surface area contributed by atoms with Crippen LogP contribution < -0.4 is 4.74 Å². The van der Waals surface area contributed by atoms with Gasteiger partial charge in [0.25, 0.3) is 5.91 Å². The van der Waals surface area contributed by atoms with Gasteiger partial charge in [-0.25, -0.2) is 8.42 Å². The number of methoxy groups -OCH3 is 1. The number of nitrogens with zero attached hydrogens (tertiary/aromatic N) is 2. The number of ether oxygens (including phenoxy) is 1. The van der Waals surface area contributed by atoms with Crippen molar-refractivity contribution in [2.24, 2.45) is 0 Å². The molecule has 3 rings (SSSR count). The molecule has 1 heterocycles. The number of rotatable bonds is 6. The van der Waals surface area contributed by atoms with Crippen LogP contribution in [-0.4, -0.2) is 56.8 Å². The molecule has 7 heteroatoms. The van der Waals surface area contributed by atoms with Gasteiger partial charge >= 0.3 is 0 Å². The maximum atomic E-state index is 13.0. The zero-order chi connectivity index (χ0) is 21.0. The van der Waals surface area contributed by atoms with Gasteiger partial charge in [-0.3, -0.25) is 4.79 Å². The molecule has 1 atom stereocenters. The fourth-order valence-corrected chi connectivity index (χ4v) is 4.85. The molecule has 0 N–H and O–H groups in total. The highest BCUT2D eigenvalue weighted by Gasteiger charge is 2.30. The lowest BCUT2D eigenvalue weighted by atomic mass is 9.99. The molecule has 0 radical (unpaired) electrons. The highest BCUT2D eigenvalue weighted by molar-refractivity contribution is 7.89. The molecular weight excluding hydrogens is 388 g/mol. The molecule has 1 amide bonds. The molecule has 1 fully saturated rings. The molecule has 1 aliphatic rings. The van der Waals surface area contributed by atoms with Crippen LogP contribution in [0.2, 0.25) is 0 Å². The van der Waals surface area contributed by atoms with E-state index in [0.29, 0.717) is 35.2 Å². The third kappa shape index (κ3) is 4.62. The van der Waals surface area contributed by atoms with Crippen LogP contribution in [0.5, 0.6) is 5.75 Å². The summed E-state index contributed by atoms with van der Waals surface area (Å²) in [5.74, 6) is 0.912. The summed E-state index contributed by atoms with van der Waals surface area (Å²) in [6, 6.07) is 14.2. The van der Waals surface area contributed by atoms with Gasteiger partial charge in [0.1, 0.15) is 5.75 Å². The van der Waals surface area contributed by atoms with Crippen molar-refractivity contribution in [2.45, 2.75) is 31.1 Å². The van der Waals surface area contributed by atoms with E-state index in [2.05, 4.69) is 13.8 Å². The zero-order valence-corrected chi connectivity index (χ0v) is 18.0. The third-order valence-electron chi connectivity index (χ3n) is 5.54. The molecule has 156 valence electrons. The minimum Gasteiger partial charge on any atom is -0.497 e. The van der Waals surface area contributed by atoms with Crippen LogP contribution in [0.1, 0.15) is 42.1 Å². The predicted octanol–water partition coefficient (Wildman–Crippen LogP) is 3.36. The first-order chi connectivity index (χ1) is 13.9. The van der Waals surface area contributed by atoms with Gasteiger partial charge in [-0.05, 0) is 48.2 Å². The second-order valence-corrected chi connectivity index (χ2v) is 9.24. The Morgan fingerprint density at radius 1 is 1.07 bits per heavy atom. The van der Waals surface area contributed by atoms with Crippen LogP contribution in [0, 0.1) is 0 Å². The molecule has 1 aliphatic heterocycles. The van der Waals surface area contributed by atoms with Crippen molar-refractivity contribution in [3.8, 4) is 5.75 Å². The van der Waals surface area contributed by atoms with E-state index in [9.17, 15) is 13.2 Å². The molecule has 2 aromatic rings. The molecule has 2 aromatic carbocycles. The van der Waals surface area contributed by atoms with Crippen molar-refractivity contribution >= 4 is 15.9 Å². The number of hydrogen-bond acceptors (Lipinski definition) is 4. The van der Waals surface area contributed by atoms with Crippen LogP contribution in [0.25, 0.3) is 0 Å². The standard InChI is InChI=1S/C22H28N2O4S/c1-4-17(2)18-8-10-21(11-9-18)29(26,27)24-14-12-23(13-15-24)22(25)19-6-5-7-20(16-19)28-3/h5-11,16-17H,4,12-15H2,1-3H3/t17-/m0/s1. The monoisotopic (exact) mass is 416 g/mol. The highest BCUT2D eigenvalue weighted by Crippen LogP contribution is 2.23. The average molecular weight is 417 g/mol. The fourth-order valence-electron chi connectivity index (χ4n) is 3.42. The summed E-state index contributed by atoms with van der Waals surface area (Å²) in [5, 5.41) is 0. The molecule has 0 spiro atoms. The summed E-state index contributed by atoms with van der Waals surface area (Å²) in [5.41, 5.74) is 1.68. The molecule has 29 heavy (non-hydrogen) atoms. The maximum absolute atomic E-state index is 13.0. The number of sulfonamides is 1. The largest absolute Gasteiger partial charge is 0.497 e. The van der Waals surface area contributed by atoms with Crippen LogP contribution in [0.3, 0.4) is 0 Å². The van der Waals surface area contributed by atoms with Gasteiger partial charge in [0.15, 0.2) is 0 Å². The molecule has 0 unspecified atom stereocenters. The van der Waals surface area contributed by atoms with Crippen molar-refractivity contribution in [3.63, 3.8) is 0 Å². The SMILES string of the molecule is CC[C@H](C)c1ccc(S(=O)(=O)N2CCN(C(=O)c3cccc(OC)c3)CC2)cc1. The van der Waals surface area contributed by atoms with E-state index in [-0.39, 0.29) is 19.0 Å². The summed E-state index contributed by atoms with van der Waals surface area (Å²) < 4.78 is 32.6. The number of carbonyl (C=O) groups is 1. The Morgan fingerprint density at radius 2 is 1.72 bits per heavy atom. The van der Waals surface area contributed by atoms with Gasteiger partial charge in [-0.1, -0.05) is 32.0 Å². The number of piperazine rings is 1. The number of hydrogen-bond donors (Lipinski definition) is 0. The summed E-state index contributed by atoms with van der Waals surface area (Å²) in [7, 11) is -2.00. The second-order valence-electron chi connectivity index (χ2n) is 7.31. The van der Waals surface area contributed by atoms with E-state index >= 15 is 0 Å². The fraction of sp³-hybridized carbons (Fsp3) is 0.409. The number of benzene rings is 2. The van der Waals surface area contributed by atoms with Crippen molar-refractivity contribution in [1.82, 2.24) is 9.21 Å². The lowest BCUT2D eigenvalue weighted by Gasteiger charge is -2.34. The van der Waals surface area contributed by atoms with Crippen molar-refractivity contribution in [3.05, 3.63) is 59.7 Å². The van der Waals surface area contributed by atoms with Crippen molar-refractivity contribution < 1.29 is 17.9 Å². The first kappa shape index (κ1) is 21.3. The Hall–Kier alpha value is -2.38.